The molecular formula is C15H23ClN2O3. The molecule has 0 bridgehead atoms. The molecule has 0 fully saturated rings. The Hall–Kier alpha value is -1.33. The van der Waals surface area contributed by atoms with Crippen LogP contribution in [-0.2, 0) is 0 Å². The fraction of sp³-hybridized carbons (Fsp3) is 0.600. The number of nitro groups is 1. The Morgan fingerprint density at radius 2 is 2.14 bits per heavy atom. The summed E-state index contributed by atoms with van der Waals surface area (Å²) >= 11 is 6.38. The highest BCUT2D eigenvalue weighted by Crippen LogP contribution is 2.32. The number of likely N-dealkylation sites (N-methyl/N-ethyl adjacent to an activating group) is 1. The van der Waals surface area contributed by atoms with Crippen molar-refractivity contribution < 1.29 is 9.66 Å². The first-order chi connectivity index (χ1) is 9.99. The molecule has 0 N–H and O–H groups in total. The van der Waals surface area contributed by atoms with E-state index in [1.807, 2.05) is 7.05 Å². The van der Waals surface area contributed by atoms with Crippen molar-refractivity contribution in [2.75, 3.05) is 26.7 Å². The topological polar surface area (TPSA) is 55.6 Å². The van der Waals surface area contributed by atoms with E-state index in [0.29, 0.717) is 13.2 Å². The molecule has 1 atom stereocenters. The van der Waals surface area contributed by atoms with E-state index < -0.39 is 4.92 Å². The molecule has 5 nitrogen and oxygen atoms in total. The molecule has 0 heterocycles. The van der Waals surface area contributed by atoms with Crippen LogP contribution in [0.2, 0.25) is 0 Å². The SMILES string of the molecule is CCCCN(C)CC(Cl)c1ccc(OCC)c([N+](=O)[O-])c1. The zero-order valence-electron chi connectivity index (χ0n) is 12.8. The minimum atomic E-state index is -0.432. The van der Waals surface area contributed by atoms with Gasteiger partial charge in [0.2, 0.25) is 0 Å². The van der Waals surface area contributed by atoms with Crippen LogP contribution in [0.1, 0.15) is 37.6 Å². The molecule has 0 radical (unpaired) electrons. The Kier molecular flexibility index (Phi) is 7.47. The third kappa shape index (κ3) is 5.52. The third-order valence-corrected chi connectivity index (χ3v) is 3.60. The van der Waals surface area contributed by atoms with E-state index >= 15 is 0 Å². The maximum Gasteiger partial charge on any atom is 0.311 e. The molecule has 1 aromatic rings. The van der Waals surface area contributed by atoms with Gasteiger partial charge in [-0.2, -0.15) is 0 Å². The third-order valence-electron chi connectivity index (χ3n) is 3.21. The first-order valence-electron chi connectivity index (χ1n) is 7.23. The summed E-state index contributed by atoms with van der Waals surface area (Å²) in [6.45, 7) is 5.96. The van der Waals surface area contributed by atoms with E-state index in [1.54, 1.807) is 19.1 Å². The van der Waals surface area contributed by atoms with Gasteiger partial charge in [0.05, 0.1) is 16.9 Å². The van der Waals surface area contributed by atoms with Gasteiger partial charge in [0.15, 0.2) is 5.75 Å². The molecule has 0 saturated heterocycles. The maximum absolute atomic E-state index is 11.1. The summed E-state index contributed by atoms with van der Waals surface area (Å²) in [6, 6.07) is 4.93. The summed E-state index contributed by atoms with van der Waals surface area (Å²) in [5.74, 6) is 0.287. The fourth-order valence-corrected chi connectivity index (χ4v) is 2.42. The molecule has 21 heavy (non-hydrogen) atoms. The molecule has 0 saturated carbocycles. The number of alkyl halides is 1. The Bertz CT molecular complexity index is 468. The number of unbranched alkanes of at least 4 members (excludes halogenated alkanes) is 1. The highest BCUT2D eigenvalue weighted by atomic mass is 35.5. The van der Waals surface area contributed by atoms with Crippen molar-refractivity contribution in [3.63, 3.8) is 0 Å². The summed E-state index contributed by atoms with van der Waals surface area (Å²) < 4.78 is 5.27. The van der Waals surface area contributed by atoms with Crippen LogP contribution in [0.5, 0.6) is 5.75 Å². The second-order valence-corrected chi connectivity index (χ2v) is 5.53. The first kappa shape index (κ1) is 17.7. The number of hydrogen-bond acceptors (Lipinski definition) is 4. The van der Waals surface area contributed by atoms with Crippen molar-refractivity contribution in [2.45, 2.75) is 32.1 Å². The Labute approximate surface area is 131 Å². The van der Waals surface area contributed by atoms with E-state index in [2.05, 4.69) is 11.8 Å². The second-order valence-electron chi connectivity index (χ2n) is 5.00. The van der Waals surface area contributed by atoms with Crippen molar-refractivity contribution in [1.82, 2.24) is 4.90 Å². The van der Waals surface area contributed by atoms with Crippen LogP contribution in [0.25, 0.3) is 0 Å². The van der Waals surface area contributed by atoms with Crippen LogP contribution in [0.3, 0.4) is 0 Å². The molecular weight excluding hydrogens is 292 g/mol. The molecule has 0 amide bonds. The zero-order chi connectivity index (χ0) is 15.8. The van der Waals surface area contributed by atoms with Gasteiger partial charge in [0.25, 0.3) is 0 Å². The fourth-order valence-electron chi connectivity index (χ4n) is 2.05. The summed E-state index contributed by atoms with van der Waals surface area (Å²) in [7, 11) is 2.01. The van der Waals surface area contributed by atoms with E-state index in [9.17, 15) is 10.1 Å². The van der Waals surface area contributed by atoms with Gasteiger partial charge >= 0.3 is 5.69 Å². The lowest BCUT2D eigenvalue weighted by Crippen LogP contribution is -2.23. The lowest BCUT2D eigenvalue weighted by atomic mass is 10.1. The molecule has 0 aliphatic rings. The van der Waals surface area contributed by atoms with Crippen molar-refractivity contribution in [1.29, 1.82) is 0 Å². The Balaban J connectivity index is 2.82. The van der Waals surface area contributed by atoms with Crippen molar-refractivity contribution in [3.8, 4) is 5.75 Å². The van der Waals surface area contributed by atoms with E-state index in [1.165, 1.54) is 6.07 Å². The van der Waals surface area contributed by atoms with Gasteiger partial charge in [-0.3, -0.25) is 10.1 Å². The molecule has 0 spiro atoms. The van der Waals surface area contributed by atoms with Crippen LogP contribution in [0.4, 0.5) is 5.69 Å². The van der Waals surface area contributed by atoms with E-state index in [0.717, 1.165) is 24.9 Å². The predicted molar refractivity (Wildman–Crippen MR) is 85.3 cm³/mol. The average Bonchev–Trinajstić information content (AvgIpc) is 2.45. The largest absolute Gasteiger partial charge is 0.487 e. The molecule has 118 valence electrons. The van der Waals surface area contributed by atoms with Gasteiger partial charge in [-0.05, 0) is 38.6 Å². The minimum absolute atomic E-state index is 0.0313. The number of nitrogens with zero attached hydrogens (tertiary/aromatic N) is 2. The van der Waals surface area contributed by atoms with Gasteiger partial charge in [-0.25, -0.2) is 0 Å². The standard InChI is InChI=1S/C15H23ClN2O3/c1-4-6-9-17(3)11-13(16)12-7-8-15(21-5-2)14(10-12)18(19)20/h7-8,10,13H,4-6,9,11H2,1-3H3. The highest BCUT2D eigenvalue weighted by molar-refractivity contribution is 6.21. The molecule has 1 aromatic carbocycles. The molecule has 0 aliphatic heterocycles. The Morgan fingerprint density at radius 1 is 1.43 bits per heavy atom. The molecule has 1 rings (SSSR count). The number of ether oxygens (including phenoxy) is 1. The number of hydrogen-bond donors (Lipinski definition) is 0. The highest BCUT2D eigenvalue weighted by Gasteiger charge is 2.19. The summed E-state index contributed by atoms with van der Waals surface area (Å²) in [4.78, 5) is 12.8. The number of nitro benzene ring substituents is 1. The van der Waals surface area contributed by atoms with Gasteiger partial charge in [-0.15, -0.1) is 11.6 Å². The van der Waals surface area contributed by atoms with Crippen LogP contribution in [0.15, 0.2) is 18.2 Å². The smallest absolute Gasteiger partial charge is 0.311 e. The number of benzene rings is 1. The van der Waals surface area contributed by atoms with Gasteiger partial charge in [0.1, 0.15) is 0 Å². The lowest BCUT2D eigenvalue weighted by molar-refractivity contribution is -0.385. The Morgan fingerprint density at radius 3 is 2.71 bits per heavy atom. The molecule has 6 heteroatoms. The normalized spacial score (nSPS) is 12.4. The van der Waals surface area contributed by atoms with Gasteiger partial charge in [-0.1, -0.05) is 19.4 Å². The zero-order valence-corrected chi connectivity index (χ0v) is 13.6. The predicted octanol–water partition coefficient (Wildman–Crippen LogP) is 4.01. The van der Waals surface area contributed by atoms with Crippen molar-refractivity contribution in [2.24, 2.45) is 0 Å². The maximum atomic E-state index is 11.1. The summed E-state index contributed by atoms with van der Waals surface area (Å²) in [6.07, 6.45) is 2.25. The van der Waals surface area contributed by atoms with Crippen LogP contribution < -0.4 is 4.74 Å². The number of rotatable bonds is 9. The average molecular weight is 315 g/mol. The van der Waals surface area contributed by atoms with Gasteiger partial charge < -0.3 is 9.64 Å². The monoisotopic (exact) mass is 314 g/mol. The minimum Gasteiger partial charge on any atom is -0.487 e. The quantitative estimate of drug-likeness (QED) is 0.392. The van der Waals surface area contributed by atoms with Crippen molar-refractivity contribution >= 4 is 17.3 Å². The number of halogens is 1. The van der Waals surface area contributed by atoms with E-state index in [-0.39, 0.29) is 16.8 Å². The second kappa shape index (κ2) is 8.85. The van der Waals surface area contributed by atoms with E-state index in [4.69, 9.17) is 16.3 Å². The van der Waals surface area contributed by atoms with Crippen molar-refractivity contribution in [3.05, 3.63) is 33.9 Å². The first-order valence-corrected chi connectivity index (χ1v) is 7.67. The summed E-state index contributed by atoms with van der Waals surface area (Å²) in [5.41, 5.74) is 0.714. The van der Waals surface area contributed by atoms with Gasteiger partial charge in [0, 0.05) is 12.6 Å². The van der Waals surface area contributed by atoms with Crippen LogP contribution >= 0.6 is 11.6 Å². The molecule has 1 unspecified atom stereocenters. The summed E-state index contributed by atoms with van der Waals surface area (Å²) in [5, 5.41) is 10.8. The molecule has 0 aliphatic carbocycles. The molecule has 0 aromatic heterocycles. The van der Waals surface area contributed by atoms with Crippen LogP contribution in [0, 0.1) is 10.1 Å². The van der Waals surface area contributed by atoms with Crippen LogP contribution in [-0.4, -0.2) is 36.6 Å². The lowest BCUT2D eigenvalue weighted by Gasteiger charge is -2.20.